The average Bonchev–Trinajstić information content (AvgIpc) is 2.51. The van der Waals surface area contributed by atoms with Crippen molar-refractivity contribution in [2.24, 2.45) is 0 Å². The topological polar surface area (TPSA) is 37.0 Å². The predicted molar refractivity (Wildman–Crippen MR) is 81.2 cm³/mol. The first-order valence-corrected chi connectivity index (χ1v) is 8.14. The fourth-order valence-corrected chi connectivity index (χ4v) is 3.12. The second-order valence-corrected chi connectivity index (χ2v) is 5.84. The van der Waals surface area contributed by atoms with Gasteiger partial charge in [0.05, 0.1) is 19.8 Å². The second kappa shape index (κ2) is 9.68. The summed E-state index contributed by atoms with van der Waals surface area (Å²) in [6.45, 7) is 10.5. The third-order valence-electron chi connectivity index (χ3n) is 4.42. The molecule has 5 nitrogen and oxygen atoms in total. The lowest BCUT2D eigenvalue weighted by Crippen LogP contribution is -2.49. The largest absolute Gasteiger partial charge is 0.383 e. The van der Waals surface area contributed by atoms with Gasteiger partial charge >= 0.3 is 0 Å². The fraction of sp³-hybridized carbons (Fsp3) is 1.00. The number of hydrogen-bond acceptors (Lipinski definition) is 5. The van der Waals surface area contributed by atoms with Gasteiger partial charge in [0.2, 0.25) is 0 Å². The van der Waals surface area contributed by atoms with Crippen LogP contribution >= 0.6 is 0 Å². The lowest BCUT2D eigenvalue weighted by molar-refractivity contribution is 0.0282. The highest BCUT2D eigenvalue weighted by Crippen LogP contribution is 2.16. The molecule has 0 amide bonds. The molecule has 5 heteroatoms. The molecule has 2 heterocycles. The third kappa shape index (κ3) is 5.66. The van der Waals surface area contributed by atoms with E-state index in [0.717, 1.165) is 46.0 Å². The Labute approximate surface area is 123 Å². The van der Waals surface area contributed by atoms with Crippen LogP contribution in [0.25, 0.3) is 0 Å². The van der Waals surface area contributed by atoms with Crippen molar-refractivity contribution >= 4 is 0 Å². The van der Waals surface area contributed by atoms with Crippen LogP contribution in [0.15, 0.2) is 0 Å². The number of morpholine rings is 1. The molecule has 2 saturated heterocycles. The Kier molecular flexibility index (Phi) is 7.83. The van der Waals surface area contributed by atoms with Gasteiger partial charge in [-0.2, -0.15) is 0 Å². The SMILES string of the molecule is COCCNCC1CCCCN1CCN1CCOCC1. The Hall–Kier alpha value is -0.200. The maximum Gasteiger partial charge on any atom is 0.0594 e. The molecule has 0 spiro atoms. The number of rotatable bonds is 8. The van der Waals surface area contributed by atoms with Crippen LogP contribution in [0.5, 0.6) is 0 Å². The summed E-state index contributed by atoms with van der Waals surface area (Å²) in [4.78, 5) is 5.21. The zero-order chi connectivity index (χ0) is 14.0. The summed E-state index contributed by atoms with van der Waals surface area (Å²) < 4.78 is 10.5. The smallest absolute Gasteiger partial charge is 0.0594 e. The molecule has 0 radical (unpaired) electrons. The minimum Gasteiger partial charge on any atom is -0.383 e. The predicted octanol–water partition coefficient (Wildman–Crippen LogP) is 0.409. The van der Waals surface area contributed by atoms with E-state index in [1.54, 1.807) is 7.11 Å². The summed E-state index contributed by atoms with van der Waals surface area (Å²) in [6.07, 6.45) is 4.07. The summed E-state index contributed by atoms with van der Waals surface area (Å²) in [7, 11) is 1.76. The van der Waals surface area contributed by atoms with E-state index >= 15 is 0 Å². The molecule has 118 valence electrons. The quantitative estimate of drug-likeness (QED) is 0.654. The van der Waals surface area contributed by atoms with Gasteiger partial charge < -0.3 is 14.8 Å². The molecule has 2 aliphatic heterocycles. The molecule has 0 aromatic rings. The first-order valence-electron chi connectivity index (χ1n) is 8.14. The first-order chi connectivity index (χ1) is 9.90. The number of hydrogen-bond donors (Lipinski definition) is 1. The Balaban J connectivity index is 1.66. The molecule has 0 aromatic heterocycles. The molecule has 1 unspecified atom stereocenters. The molecule has 0 aliphatic carbocycles. The highest BCUT2D eigenvalue weighted by Gasteiger charge is 2.22. The summed E-state index contributed by atoms with van der Waals surface area (Å²) >= 11 is 0. The van der Waals surface area contributed by atoms with E-state index in [4.69, 9.17) is 9.47 Å². The standard InChI is InChI=1S/C15H31N3O2/c1-19-11-5-16-14-15-4-2-3-6-18(15)8-7-17-9-12-20-13-10-17/h15-16H,2-14H2,1H3. The van der Waals surface area contributed by atoms with Crippen molar-refractivity contribution in [3.05, 3.63) is 0 Å². The van der Waals surface area contributed by atoms with Gasteiger partial charge in [0, 0.05) is 52.4 Å². The van der Waals surface area contributed by atoms with Crippen LogP contribution in [-0.4, -0.2) is 88.6 Å². The van der Waals surface area contributed by atoms with Crippen molar-refractivity contribution in [3.8, 4) is 0 Å². The van der Waals surface area contributed by atoms with Crippen molar-refractivity contribution in [3.63, 3.8) is 0 Å². The average molecular weight is 285 g/mol. The van der Waals surface area contributed by atoms with Crippen LogP contribution in [-0.2, 0) is 9.47 Å². The minimum absolute atomic E-state index is 0.710. The number of methoxy groups -OCH3 is 1. The van der Waals surface area contributed by atoms with Crippen molar-refractivity contribution < 1.29 is 9.47 Å². The Bertz CT molecular complexity index is 247. The minimum atomic E-state index is 0.710. The van der Waals surface area contributed by atoms with E-state index in [9.17, 15) is 0 Å². The second-order valence-electron chi connectivity index (χ2n) is 5.84. The monoisotopic (exact) mass is 285 g/mol. The number of nitrogens with zero attached hydrogens (tertiary/aromatic N) is 2. The van der Waals surface area contributed by atoms with Crippen LogP contribution < -0.4 is 5.32 Å². The van der Waals surface area contributed by atoms with Crippen molar-refractivity contribution in [2.75, 3.05) is 72.7 Å². The molecule has 20 heavy (non-hydrogen) atoms. The molecular weight excluding hydrogens is 254 g/mol. The fourth-order valence-electron chi connectivity index (χ4n) is 3.12. The van der Waals surface area contributed by atoms with Crippen LogP contribution in [0.3, 0.4) is 0 Å². The van der Waals surface area contributed by atoms with Crippen LogP contribution in [0, 0.1) is 0 Å². The van der Waals surface area contributed by atoms with Crippen LogP contribution in [0.2, 0.25) is 0 Å². The summed E-state index contributed by atoms with van der Waals surface area (Å²) in [5.74, 6) is 0. The van der Waals surface area contributed by atoms with E-state index in [1.165, 1.54) is 38.9 Å². The highest BCUT2D eigenvalue weighted by molar-refractivity contribution is 4.80. The third-order valence-corrected chi connectivity index (χ3v) is 4.42. The Morgan fingerprint density at radius 1 is 1.15 bits per heavy atom. The van der Waals surface area contributed by atoms with Crippen LogP contribution in [0.1, 0.15) is 19.3 Å². The van der Waals surface area contributed by atoms with Crippen LogP contribution in [0.4, 0.5) is 0 Å². The van der Waals surface area contributed by atoms with Crippen molar-refractivity contribution in [1.82, 2.24) is 15.1 Å². The van der Waals surface area contributed by atoms with Crippen molar-refractivity contribution in [1.29, 1.82) is 0 Å². The van der Waals surface area contributed by atoms with Gasteiger partial charge in [0.1, 0.15) is 0 Å². The molecule has 0 bridgehead atoms. The maximum atomic E-state index is 5.41. The van der Waals surface area contributed by atoms with Crippen molar-refractivity contribution in [2.45, 2.75) is 25.3 Å². The normalized spacial score (nSPS) is 25.9. The number of likely N-dealkylation sites (tertiary alicyclic amines) is 1. The Morgan fingerprint density at radius 2 is 2.00 bits per heavy atom. The summed E-state index contributed by atoms with van der Waals surface area (Å²) in [6, 6.07) is 0.710. The zero-order valence-electron chi connectivity index (χ0n) is 13.0. The molecule has 0 aromatic carbocycles. The maximum absolute atomic E-state index is 5.41. The lowest BCUT2D eigenvalue weighted by Gasteiger charge is -2.37. The van der Waals surface area contributed by atoms with E-state index in [2.05, 4.69) is 15.1 Å². The number of ether oxygens (including phenoxy) is 2. The van der Waals surface area contributed by atoms with E-state index in [0.29, 0.717) is 6.04 Å². The lowest BCUT2D eigenvalue weighted by atomic mass is 10.0. The number of nitrogens with one attached hydrogen (secondary N) is 1. The van der Waals surface area contributed by atoms with E-state index < -0.39 is 0 Å². The van der Waals surface area contributed by atoms with Gasteiger partial charge in [-0.3, -0.25) is 9.80 Å². The van der Waals surface area contributed by atoms with Gasteiger partial charge in [-0.25, -0.2) is 0 Å². The summed E-state index contributed by atoms with van der Waals surface area (Å²) in [5.41, 5.74) is 0. The van der Waals surface area contributed by atoms with Gasteiger partial charge in [0.25, 0.3) is 0 Å². The molecule has 1 N–H and O–H groups in total. The van der Waals surface area contributed by atoms with Gasteiger partial charge in [-0.05, 0) is 19.4 Å². The van der Waals surface area contributed by atoms with Gasteiger partial charge in [-0.15, -0.1) is 0 Å². The first kappa shape index (κ1) is 16.2. The molecule has 2 fully saturated rings. The number of piperidine rings is 1. The highest BCUT2D eigenvalue weighted by atomic mass is 16.5. The zero-order valence-corrected chi connectivity index (χ0v) is 13.0. The molecule has 2 aliphatic rings. The van der Waals surface area contributed by atoms with E-state index in [1.807, 2.05) is 0 Å². The summed E-state index contributed by atoms with van der Waals surface area (Å²) in [5, 5.41) is 3.52. The molecule has 1 atom stereocenters. The van der Waals surface area contributed by atoms with Gasteiger partial charge in [0.15, 0.2) is 0 Å². The van der Waals surface area contributed by atoms with Gasteiger partial charge in [-0.1, -0.05) is 6.42 Å². The molecule has 0 saturated carbocycles. The molecule has 2 rings (SSSR count). The van der Waals surface area contributed by atoms with E-state index in [-0.39, 0.29) is 0 Å². The Morgan fingerprint density at radius 3 is 2.80 bits per heavy atom. The molecular formula is C15H31N3O2.